The second kappa shape index (κ2) is 6.09. The van der Waals surface area contributed by atoms with Crippen LogP contribution in [0.3, 0.4) is 0 Å². The third-order valence-corrected chi connectivity index (χ3v) is 3.33. The Morgan fingerprint density at radius 2 is 2.27 bits per heavy atom. The predicted molar refractivity (Wildman–Crippen MR) is 70.1 cm³/mol. The van der Waals surface area contributed by atoms with Crippen molar-refractivity contribution in [1.29, 1.82) is 0 Å². The van der Waals surface area contributed by atoms with Gasteiger partial charge in [-0.1, -0.05) is 41.1 Å². The first kappa shape index (κ1) is 12.5. The fourth-order valence-corrected chi connectivity index (χ4v) is 1.88. The van der Waals surface area contributed by atoms with Gasteiger partial charge in [-0.15, -0.1) is 6.58 Å². The number of aryl methyl sites for hydroxylation is 1. The average Bonchev–Trinajstić information content (AvgIpc) is 2.22. The zero-order chi connectivity index (χ0) is 11.3. The molecule has 0 radical (unpaired) electrons. The van der Waals surface area contributed by atoms with Gasteiger partial charge in [0.1, 0.15) is 0 Å². The molecule has 15 heavy (non-hydrogen) atoms. The van der Waals surface area contributed by atoms with Gasteiger partial charge in [0.05, 0.1) is 0 Å². The molecule has 1 unspecified atom stereocenters. The van der Waals surface area contributed by atoms with Gasteiger partial charge in [-0.3, -0.25) is 0 Å². The van der Waals surface area contributed by atoms with E-state index in [9.17, 15) is 0 Å². The number of halogens is 1. The number of hydrogen-bond acceptors (Lipinski definition) is 1. The van der Waals surface area contributed by atoms with Gasteiger partial charge in [-0.05, 0) is 37.1 Å². The monoisotopic (exact) mass is 267 g/mol. The Morgan fingerprint density at radius 3 is 2.80 bits per heavy atom. The van der Waals surface area contributed by atoms with Crippen molar-refractivity contribution < 1.29 is 0 Å². The molecule has 0 saturated heterocycles. The molecule has 1 N–H and O–H groups in total. The van der Waals surface area contributed by atoms with E-state index in [0.717, 1.165) is 13.0 Å². The number of nitrogens with one attached hydrogen (secondary N) is 1. The summed E-state index contributed by atoms with van der Waals surface area (Å²) in [5.41, 5.74) is 2.61. The third kappa shape index (κ3) is 3.47. The molecule has 0 fully saturated rings. The van der Waals surface area contributed by atoms with E-state index in [-0.39, 0.29) is 0 Å². The van der Waals surface area contributed by atoms with Gasteiger partial charge >= 0.3 is 0 Å². The highest BCUT2D eigenvalue weighted by molar-refractivity contribution is 9.10. The van der Waals surface area contributed by atoms with Crippen molar-refractivity contribution in [3.63, 3.8) is 0 Å². The van der Waals surface area contributed by atoms with Crippen molar-refractivity contribution >= 4 is 15.9 Å². The minimum Gasteiger partial charge on any atom is -0.310 e. The highest BCUT2D eigenvalue weighted by Gasteiger charge is 2.08. The molecular formula is C13H18BrN. The summed E-state index contributed by atoms with van der Waals surface area (Å²) in [5, 5.41) is 3.46. The molecule has 1 atom stereocenters. The van der Waals surface area contributed by atoms with Crippen LogP contribution in [0.2, 0.25) is 0 Å². The van der Waals surface area contributed by atoms with Crippen molar-refractivity contribution in [2.45, 2.75) is 26.3 Å². The highest BCUT2D eigenvalue weighted by atomic mass is 79.9. The number of rotatable bonds is 5. The molecule has 0 amide bonds. The Kier molecular flexibility index (Phi) is 5.06. The van der Waals surface area contributed by atoms with Gasteiger partial charge in [0.25, 0.3) is 0 Å². The summed E-state index contributed by atoms with van der Waals surface area (Å²) in [6.45, 7) is 9.02. The smallest absolute Gasteiger partial charge is 0.0354 e. The summed E-state index contributed by atoms with van der Waals surface area (Å²) in [4.78, 5) is 0. The van der Waals surface area contributed by atoms with Crippen molar-refractivity contribution in [2.75, 3.05) is 6.54 Å². The fraction of sp³-hybridized carbons (Fsp3) is 0.385. The van der Waals surface area contributed by atoms with E-state index in [4.69, 9.17) is 0 Å². The van der Waals surface area contributed by atoms with Crippen LogP contribution in [0.4, 0.5) is 0 Å². The Bertz CT molecular complexity index is 333. The second-order valence-electron chi connectivity index (χ2n) is 3.64. The van der Waals surface area contributed by atoms with Crippen LogP contribution in [0.25, 0.3) is 0 Å². The Morgan fingerprint density at radius 1 is 1.53 bits per heavy atom. The summed E-state index contributed by atoms with van der Waals surface area (Å²) in [7, 11) is 0. The largest absolute Gasteiger partial charge is 0.310 e. The second-order valence-corrected chi connectivity index (χ2v) is 4.50. The lowest BCUT2D eigenvalue weighted by molar-refractivity contribution is 0.559. The van der Waals surface area contributed by atoms with Crippen LogP contribution >= 0.6 is 15.9 Å². The molecule has 0 aliphatic heterocycles. The molecule has 0 saturated carbocycles. The zero-order valence-corrected chi connectivity index (χ0v) is 11.0. The molecule has 0 aliphatic carbocycles. The average molecular weight is 268 g/mol. The van der Waals surface area contributed by atoms with Gasteiger partial charge in [0.15, 0.2) is 0 Å². The van der Waals surface area contributed by atoms with Crippen LogP contribution in [0, 0.1) is 6.92 Å². The first-order valence-corrected chi connectivity index (χ1v) is 6.08. The molecule has 0 bridgehead atoms. The summed E-state index contributed by atoms with van der Waals surface area (Å²) in [5.74, 6) is 0. The minimum absolute atomic E-state index is 0.388. The molecule has 0 aliphatic rings. The lowest BCUT2D eigenvalue weighted by Crippen LogP contribution is -2.20. The molecule has 1 nitrogen and oxygen atoms in total. The van der Waals surface area contributed by atoms with Crippen molar-refractivity contribution in [1.82, 2.24) is 5.32 Å². The zero-order valence-electron chi connectivity index (χ0n) is 9.39. The van der Waals surface area contributed by atoms with E-state index < -0.39 is 0 Å². The lowest BCUT2D eigenvalue weighted by Gasteiger charge is -2.17. The summed E-state index contributed by atoms with van der Waals surface area (Å²) in [6.07, 6.45) is 2.93. The summed E-state index contributed by atoms with van der Waals surface area (Å²) in [6, 6.07) is 6.88. The van der Waals surface area contributed by atoms with Crippen LogP contribution in [0.1, 0.15) is 30.5 Å². The van der Waals surface area contributed by atoms with E-state index in [2.05, 4.69) is 59.9 Å². The molecule has 0 aromatic heterocycles. The number of hydrogen-bond donors (Lipinski definition) is 1. The quantitative estimate of drug-likeness (QED) is 0.796. The minimum atomic E-state index is 0.388. The Balaban J connectivity index is 2.89. The first-order valence-electron chi connectivity index (χ1n) is 5.29. The normalized spacial score (nSPS) is 12.5. The van der Waals surface area contributed by atoms with E-state index in [1.165, 1.54) is 15.6 Å². The van der Waals surface area contributed by atoms with E-state index in [1.807, 2.05) is 6.08 Å². The first-order chi connectivity index (χ1) is 7.19. The van der Waals surface area contributed by atoms with Crippen molar-refractivity contribution in [3.8, 4) is 0 Å². The summed E-state index contributed by atoms with van der Waals surface area (Å²) >= 11 is 3.52. The Labute approximate surface area is 101 Å². The van der Waals surface area contributed by atoms with Crippen molar-refractivity contribution in [3.05, 3.63) is 46.5 Å². The fourth-order valence-electron chi connectivity index (χ4n) is 1.63. The summed E-state index contributed by atoms with van der Waals surface area (Å²) < 4.78 is 1.17. The SMILES string of the molecule is C=CCC(NCC)c1ccc(Br)c(C)c1. The number of benzene rings is 1. The Hall–Kier alpha value is -0.600. The maximum Gasteiger partial charge on any atom is 0.0354 e. The van der Waals surface area contributed by atoms with Gasteiger partial charge in [0.2, 0.25) is 0 Å². The van der Waals surface area contributed by atoms with Crippen LogP contribution < -0.4 is 5.32 Å². The van der Waals surface area contributed by atoms with Gasteiger partial charge in [-0.2, -0.15) is 0 Å². The standard InChI is InChI=1S/C13H18BrN/c1-4-6-13(15-5-2)11-7-8-12(14)10(3)9-11/h4,7-9,13,15H,1,5-6H2,2-3H3. The van der Waals surface area contributed by atoms with Crippen LogP contribution in [-0.4, -0.2) is 6.54 Å². The van der Waals surface area contributed by atoms with Crippen molar-refractivity contribution in [2.24, 2.45) is 0 Å². The van der Waals surface area contributed by atoms with Crippen LogP contribution in [0.5, 0.6) is 0 Å². The molecule has 0 spiro atoms. The molecule has 82 valence electrons. The molecule has 1 rings (SSSR count). The van der Waals surface area contributed by atoms with Gasteiger partial charge in [-0.25, -0.2) is 0 Å². The molecule has 1 aromatic rings. The van der Waals surface area contributed by atoms with Crippen LogP contribution in [-0.2, 0) is 0 Å². The maximum atomic E-state index is 3.80. The predicted octanol–water partition coefficient (Wildman–Crippen LogP) is 3.98. The third-order valence-electron chi connectivity index (χ3n) is 2.44. The molecular weight excluding hydrogens is 250 g/mol. The molecule has 2 heteroatoms. The van der Waals surface area contributed by atoms with Gasteiger partial charge in [0, 0.05) is 10.5 Å². The van der Waals surface area contributed by atoms with E-state index in [0.29, 0.717) is 6.04 Å². The maximum absolute atomic E-state index is 3.80. The molecule has 1 aromatic carbocycles. The molecule has 0 heterocycles. The van der Waals surface area contributed by atoms with E-state index >= 15 is 0 Å². The lowest BCUT2D eigenvalue weighted by atomic mass is 10.0. The van der Waals surface area contributed by atoms with E-state index in [1.54, 1.807) is 0 Å². The van der Waals surface area contributed by atoms with Crippen LogP contribution in [0.15, 0.2) is 35.3 Å². The topological polar surface area (TPSA) is 12.0 Å². The van der Waals surface area contributed by atoms with Gasteiger partial charge < -0.3 is 5.32 Å². The highest BCUT2D eigenvalue weighted by Crippen LogP contribution is 2.23.